The third-order valence-corrected chi connectivity index (χ3v) is 3.99. The highest BCUT2D eigenvalue weighted by Gasteiger charge is 2.19. The van der Waals surface area contributed by atoms with Gasteiger partial charge in [0.1, 0.15) is 0 Å². The molecule has 128 valence electrons. The van der Waals surface area contributed by atoms with Crippen molar-refractivity contribution in [2.75, 3.05) is 7.11 Å². The molecule has 0 saturated carbocycles. The number of nitrogens with one attached hydrogen (secondary N) is 1. The smallest absolute Gasteiger partial charge is 0.261 e. The summed E-state index contributed by atoms with van der Waals surface area (Å²) in [5, 5.41) is 2.99. The van der Waals surface area contributed by atoms with E-state index in [2.05, 4.69) is 36.5 Å². The maximum atomic E-state index is 12.4. The van der Waals surface area contributed by atoms with Gasteiger partial charge < -0.3 is 14.8 Å². The van der Waals surface area contributed by atoms with Crippen LogP contribution in [0.5, 0.6) is 11.5 Å². The second-order valence-electron chi connectivity index (χ2n) is 5.74. The summed E-state index contributed by atoms with van der Waals surface area (Å²) in [5.74, 6) is 1.01. The monoisotopic (exact) mass is 327 g/mol. The molecule has 0 radical (unpaired) electrons. The van der Waals surface area contributed by atoms with E-state index in [1.807, 2.05) is 19.1 Å². The van der Waals surface area contributed by atoms with Crippen molar-refractivity contribution in [3.63, 3.8) is 0 Å². The lowest BCUT2D eigenvalue weighted by atomic mass is 10.0. The van der Waals surface area contributed by atoms with Crippen molar-refractivity contribution in [2.45, 2.75) is 39.3 Å². The van der Waals surface area contributed by atoms with Crippen molar-refractivity contribution < 1.29 is 14.3 Å². The van der Waals surface area contributed by atoms with Crippen molar-refractivity contribution in [2.24, 2.45) is 0 Å². The molecule has 0 aliphatic carbocycles. The molecule has 2 unspecified atom stereocenters. The zero-order chi connectivity index (χ0) is 17.5. The second-order valence-corrected chi connectivity index (χ2v) is 5.74. The molecule has 2 aromatic carbocycles. The van der Waals surface area contributed by atoms with Crippen molar-refractivity contribution in [3.8, 4) is 11.5 Å². The minimum Gasteiger partial charge on any atom is -0.493 e. The maximum Gasteiger partial charge on any atom is 0.261 e. The summed E-state index contributed by atoms with van der Waals surface area (Å²) in [5.41, 5.74) is 2.36. The molecule has 24 heavy (non-hydrogen) atoms. The molecule has 0 fully saturated rings. The summed E-state index contributed by atoms with van der Waals surface area (Å²) in [6.07, 6.45) is 0.392. The van der Waals surface area contributed by atoms with Crippen LogP contribution in [0.4, 0.5) is 0 Å². The number of hydrogen-bond acceptors (Lipinski definition) is 3. The number of carbonyl (C=O) groups is 1. The Balaban J connectivity index is 1.97. The molecule has 0 heterocycles. The highest BCUT2D eigenvalue weighted by atomic mass is 16.5. The standard InChI is InChI=1S/C20H25NO3/c1-5-16-10-12-17(13-11-16)14(2)21-20(22)15(3)24-19-9-7-6-8-18(19)23-4/h6-15H,5H2,1-4H3,(H,21,22). The molecule has 0 aliphatic rings. The van der Waals surface area contributed by atoms with Gasteiger partial charge in [0, 0.05) is 0 Å². The van der Waals surface area contributed by atoms with Crippen LogP contribution in [0, 0.1) is 0 Å². The number of amides is 1. The van der Waals surface area contributed by atoms with Crippen LogP contribution in [0.3, 0.4) is 0 Å². The Morgan fingerprint density at radius 3 is 2.25 bits per heavy atom. The predicted molar refractivity (Wildman–Crippen MR) is 95.5 cm³/mol. The zero-order valence-electron chi connectivity index (χ0n) is 14.7. The van der Waals surface area contributed by atoms with Crippen LogP contribution >= 0.6 is 0 Å². The Morgan fingerprint density at radius 2 is 1.67 bits per heavy atom. The van der Waals surface area contributed by atoms with Gasteiger partial charge in [-0.3, -0.25) is 4.79 Å². The average Bonchev–Trinajstić information content (AvgIpc) is 2.62. The molecule has 2 aromatic rings. The molecule has 1 N–H and O–H groups in total. The molecular formula is C20H25NO3. The van der Waals surface area contributed by atoms with Crippen LogP contribution in [0.25, 0.3) is 0 Å². The topological polar surface area (TPSA) is 47.6 Å². The lowest BCUT2D eigenvalue weighted by Crippen LogP contribution is -2.37. The van der Waals surface area contributed by atoms with Gasteiger partial charge in [-0.2, -0.15) is 0 Å². The van der Waals surface area contributed by atoms with E-state index in [1.54, 1.807) is 26.2 Å². The minimum absolute atomic E-state index is 0.0767. The number of carbonyl (C=O) groups excluding carboxylic acids is 1. The SMILES string of the molecule is CCc1ccc(C(C)NC(=O)C(C)Oc2ccccc2OC)cc1. The van der Waals surface area contributed by atoms with Gasteiger partial charge in [-0.1, -0.05) is 43.3 Å². The molecule has 0 aromatic heterocycles. The van der Waals surface area contributed by atoms with Gasteiger partial charge >= 0.3 is 0 Å². The summed E-state index contributed by atoms with van der Waals surface area (Å²) in [6.45, 7) is 5.82. The van der Waals surface area contributed by atoms with Crippen molar-refractivity contribution in [3.05, 3.63) is 59.7 Å². The molecule has 2 atom stereocenters. The minimum atomic E-state index is -0.612. The van der Waals surface area contributed by atoms with Crippen molar-refractivity contribution in [1.29, 1.82) is 0 Å². The highest BCUT2D eigenvalue weighted by Crippen LogP contribution is 2.27. The van der Waals surface area contributed by atoms with Crippen LogP contribution < -0.4 is 14.8 Å². The van der Waals surface area contributed by atoms with Gasteiger partial charge in [-0.05, 0) is 43.5 Å². The number of para-hydroxylation sites is 2. The number of ether oxygens (including phenoxy) is 2. The van der Waals surface area contributed by atoms with E-state index in [4.69, 9.17) is 9.47 Å². The molecule has 4 nitrogen and oxygen atoms in total. The molecule has 2 rings (SSSR count). The molecule has 1 amide bonds. The molecule has 4 heteroatoms. The fraction of sp³-hybridized carbons (Fsp3) is 0.350. The third kappa shape index (κ3) is 4.51. The van der Waals surface area contributed by atoms with Crippen molar-refractivity contribution >= 4 is 5.91 Å². The van der Waals surface area contributed by atoms with Gasteiger partial charge in [-0.25, -0.2) is 0 Å². The van der Waals surface area contributed by atoms with Gasteiger partial charge in [0.2, 0.25) is 0 Å². The van der Waals surface area contributed by atoms with Crippen LogP contribution in [-0.2, 0) is 11.2 Å². The van der Waals surface area contributed by atoms with E-state index in [0.717, 1.165) is 12.0 Å². The Morgan fingerprint density at radius 1 is 1.04 bits per heavy atom. The lowest BCUT2D eigenvalue weighted by molar-refractivity contribution is -0.127. The quantitative estimate of drug-likeness (QED) is 0.839. The first-order valence-corrected chi connectivity index (χ1v) is 8.24. The van der Waals surface area contributed by atoms with E-state index in [0.29, 0.717) is 11.5 Å². The van der Waals surface area contributed by atoms with Gasteiger partial charge in [0.25, 0.3) is 5.91 Å². The predicted octanol–water partition coefficient (Wildman–Crippen LogP) is 3.90. The van der Waals surface area contributed by atoms with E-state index in [9.17, 15) is 4.79 Å². The second kappa shape index (κ2) is 8.39. The van der Waals surface area contributed by atoms with E-state index in [1.165, 1.54) is 5.56 Å². The average molecular weight is 327 g/mol. The van der Waals surface area contributed by atoms with Crippen LogP contribution in [0.15, 0.2) is 48.5 Å². The highest BCUT2D eigenvalue weighted by molar-refractivity contribution is 5.81. The van der Waals surface area contributed by atoms with Crippen LogP contribution in [-0.4, -0.2) is 19.1 Å². The Labute approximate surface area is 143 Å². The largest absolute Gasteiger partial charge is 0.493 e. The number of rotatable bonds is 7. The lowest BCUT2D eigenvalue weighted by Gasteiger charge is -2.20. The molecular weight excluding hydrogens is 302 g/mol. The summed E-state index contributed by atoms with van der Waals surface area (Å²) in [6, 6.07) is 15.5. The van der Waals surface area contributed by atoms with Gasteiger partial charge in [0.05, 0.1) is 13.2 Å². The Bertz CT molecular complexity index is 667. The first-order valence-electron chi connectivity index (χ1n) is 8.24. The molecule has 0 saturated heterocycles. The van der Waals surface area contributed by atoms with Gasteiger partial charge in [0.15, 0.2) is 17.6 Å². The van der Waals surface area contributed by atoms with Gasteiger partial charge in [-0.15, -0.1) is 0 Å². The number of methoxy groups -OCH3 is 1. The maximum absolute atomic E-state index is 12.4. The third-order valence-electron chi connectivity index (χ3n) is 3.99. The normalized spacial score (nSPS) is 13.0. The Hall–Kier alpha value is -2.49. The Kier molecular flexibility index (Phi) is 6.24. The number of aryl methyl sites for hydroxylation is 1. The number of benzene rings is 2. The summed E-state index contributed by atoms with van der Waals surface area (Å²) in [7, 11) is 1.58. The van der Waals surface area contributed by atoms with Crippen LogP contribution in [0.2, 0.25) is 0 Å². The van der Waals surface area contributed by atoms with E-state index in [-0.39, 0.29) is 11.9 Å². The fourth-order valence-corrected chi connectivity index (χ4v) is 2.42. The van der Waals surface area contributed by atoms with E-state index < -0.39 is 6.10 Å². The first kappa shape index (κ1) is 17.9. The molecule has 0 spiro atoms. The van der Waals surface area contributed by atoms with Crippen LogP contribution in [0.1, 0.15) is 37.9 Å². The molecule has 0 bridgehead atoms. The summed E-state index contributed by atoms with van der Waals surface area (Å²) >= 11 is 0. The molecule has 0 aliphatic heterocycles. The van der Waals surface area contributed by atoms with Crippen molar-refractivity contribution in [1.82, 2.24) is 5.32 Å². The first-order chi connectivity index (χ1) is 11.5. The summed E-state index contributed by atoms with van der Waals surface area (Å²) < 4.78 is 11.0. The zero-order valence-corrected chi connectivity index (χ0v) is 14.7. The fourth-order valence-electron chi connectivity index (χ4n) is 2.42. The summed E-state index contributed by atoms with van der Waals surface area (Å²) in [4.78, 5) is 12.4. The van der Waals surface area contributed by atoms with E-state index >= 15 is 0 Å². The number of hydrogen-bond donors (Lipinski definition) is 1.